The van der Waals surface area contributed by atoms with E-state index in [0.717, 1.165) is 49.1 Å². The number of unbranched alkanes of at least 4 members (excludes halogenated alkanes) is 1. The largest absolute Gasteiger partial charge is 0.496 e. The van der Waals surface area contributed by atoms with Crippen molar-refractivity contribution in [3.8, 4) is 5.75 Å². The first-order valence-electron chi connectivity index (χ1n) is 12.6. The zero-order chi connectivity index (χ0) is 24.1. The minimum atomic E-state index is -0.318. The molecular weight excluding hydrogens is 426 g/mol. The van der Waals surface area contributed by atoms with Gasteiger partial charge in [0.15, 0.2) is 0 Å². The number of piperidine rings is 1. The minimum Gasteiger partial charge on any atom is -0.496 e. The Balaban J connectivity index is 1.55. The molecule has 2 unspecified atom stereocenters. The van der Waals surface area contributed by atoms with E-state index in [1.807, 2.05) is 29.2 Å². The second-order valence-electron chi connectivity index (χ2n) is 9.48. The molecule has 0 saturated carbocycles. The van der Waals surface area contributed by atoms with Crippen molar-refractivity contribution >= 4 is 17.5 Å². The van der Waals surface area contributed by atoms with E-state index in [-0.39, 0.29) is 23.8 Å². The van der Waals surface area contributed by atoms with Crippen LogP contribution in [0.1, 0.15) is 61.8 Å². The van der Waals surface area contributed by atoms with Gasteiger partial charge in [-0.15, -0.1) is 0 Å². The fraction of sp³-hybridized carbons (Fsp3) is 0.500. The van der Waals surface area contributed by atoms with Crippen LogP contribution in [-0.4, -0.2) is 44.0 Å². The maximum absolute atomic E-state index is 13.5. The van der Waals surface area contributed by atoms with E-state index in [0.29, 0.717) is 25.9 Å². The molecule has 0 spiro atoms. The third-order valence-corrected chi connectivity index (χ3v) is 7.21. The summed E-state index contributed by atoms with van der Waals surface area (Å²) >= 11 is 0. The van der Waals surface area contributed by atoms with Gasteiger partial charge in [-0.2, -0.15) is 0 Å². The number of hydrogen-bond acceptors (Lipinski definition) is 4. The topological polar surface area (TPSA) is 61.9 Å². The van der Waals surface area contributed by atoms with Gasteiger partial charge in [0.2, 0.25) is 11.8 Å². The van der Waals surface area contributed by atoms with Crippen LogP contribution in [0, 0.1) is 5.92 Å². The van der Waals surface area contributed by atoms with Gasteiger partial charge in [0.25, 0.3) is 0 Å². The molecule has 2 aliphatic heterocycles. The predicted molar refractivity (Wildman–Crippen MR) is 135 cm³/mol. The maximum Gasteiger partial charge on any atom is 0.225 e. The van der Waals surface area contributed by atoms with Gasteiger partial charge >= 0.3 is 0 Å². The van der Waals surface area contributed by atoms with E-state index in [2.05, 4.69) is 42.4 Å². The standard InChI is InChI=1S/C28H37N3O3/c1-4-5-17-31-26(32)15-13-23(27(31)22-10-6-7-11-25(22)34-3)28(33)29-19-20-12-14-24-21(18-20)9-8-16-30(24)2/h6-7,10-12,14,18,23,27H,4-5,8-9,13,15-17,19H2,1-3H3,(H,29,33). The van der Waals surface area contributed by atoms with Crippen LogP contribution in [0.4, 0.5) is 5.69 Å². The zero-order valence-corrected chi connectivity index (χ0v) is 20.7. The van der Waals surface area contributed by atoms with Gasteiger partial charge in [-0.1, -0.05) is 43.7 Å². The number of nitrogens with zero attached hydrogens (tertiary/aromatic N) is 2. The summed E-state index contributed by atoms with van der Waals surface area (Å²) in [5, 5.41) is 3.18. The quantitative estimate of drug-likeness (QED) is 0.627. The molecule has 2 amide bonds. The molecule has 2 aliphatic rings. The molecule has 1 fully saturated rings. The molecule has 6 nitrogen and oxygen atoms in total. The molecule has 4 rings (SSSR count). The summed E-state index contributed by atoms with van der Waals surface area (Å²) in [4.78, 5) is 30.7. The van der Waals surface area contributed by atoms with E-state index < -0.39 is 0 Å². The van der Waals surface area contributed by atoms with Crippen molar-refractivity contribution in [3.05, 3.63) is 59.2 Å². The lowest BCUT2D eigenvalue weighted by Crippen LogP contribution is -2.48. The third kappa shape index (κ3) is 5.06. The Morgan fingerprint density at radius 1 is 1.18 bits per heavy atom. The lowest BCUT2D eigenvalue weighted by molar-refractivity contribution is -0.143. The van der Waals surface area contributed by atoms with Crippen molar-refractivity contribution in [2.24, 2.45) is 5.92 Å². The molecule has 34 heavy (non-hydrogen) atoms. The molecule has 2 heterocycles. The van der Waals surface area contributed by atoms with Crippen LogP contribution in [0.5, 0.6) is 5.75 Å². The smallest absolute Gasteiger partial charge is 0.225 e. The Morgan fingerprint density at radius 2 is 2.00 bits per heavy atom. The maximum atomic E-state index is 13.5. The van der Waals surface area contributed by atoms with Crippen LogP contribution in [0.3, 0.4) is 0 Å². The van der Waals surface area contributed by atoms with Crippen LogP contribution in [0.15, 0.2) is 42.5 Å². The number of fused-ring (bicyclic) bond motifs is 1. The summed E-state index contributed by atoms with van der Waals surface area (Å²) in [5.74, 6) is 0.530. The van der Waals surface area contributed by atoms with Crippen molar-refractivity contribution in [1.82, 2.24) is 10.2 Å². The first-order chi connectivity index (χ1) is 16.5. The number of carbonyl (C=O) groups is 2. The molecule has 1 N–H and O–H groups in total. The highest BCUT2D eigenvalue weighted by Crippen LogP contribution is 2.41. The summed E-state index contributed by atoms with van der Waals surface area (Å²) in [6.07, 6.45) is 5.09. The summed E-state index contributed by atoms with van der Waals surface area (Å²) in [7, 11) is 3.77. The average Bonchev–Trinajstić information content (AvgIpc) is 2.86. The molecule has 0 bridgehead atoms. The second kappa shape index (κ2) is 10.9. The molecule has 6 heteroatoms. The summed E-state index contributed by atoms with van der Waals surface area (Å²) in [6.45, 7) is 4.35. The van der Waals surface area contributed by atoms with E-state index >= 15 is 0 Å². The van der Waals surface area contributed by atoms with Crippen LogP contribution < -0.4 is 15.0 Å². The van der Waals surface area contributed by atoms with E-state index in [4.69, 9.17) is 4.74 Å². The Morgan fingerprint density at radius 3 is 2.79 bits per heavy atom. The highest BCUT2D eigenvalue weighted by molar-refractivity contribution is 5.85. The number of carbonyl (C=O) groups excluding carboxylic acids is 2. The highest BCUT2D eigenvalue weighted by Gasteiger charge is 2.41. The fourth-order valence-electron chi connectivity index (χ4n) is 5.38. The number of methoxy groups -OCH3 is 1. The number of benzene rings is 2. The summed E-state index contributed by atoms with van der Waals surface area (Å²) in [6, 6.07) is 13.9. The normalized spacial score (nSPS) is 20.1. The number of rotatable bonds is 8. The number of hydrogen-bond donors (Lipinski definition) is 1. The molecule has 2 atom stereocenters. The number of nitrogens with one attached hydrogen (secondary N) is 1. The molecule has 182 valence electrons. The van der Waals surface area contributed by atoms with E-state index in [1.165, 1.54) is 11.3 Å². The van der Waals surface area contributed by atoms with Gasteiger partial charge < -0.3 is 19.9 Å². The Bertz CT molecular complexity index is 1020. The minimum absolute atomic E-state index is 0.000238. The van der Waals surface area contributed by atoms with Gasteiger partial charge in [-0.05, 0) is 48.9 Å². The molecule has 2 aromatic carbocycles. The van der Waals surface area contributed by atoms with Crippen LogP contribution >= 0.6 is 0 Å². The Labute approximate surface area is 203 Å². The number of aryl methyl sites for hydroxylation is 1. The van der Waals surface area contributed by atoms with Crippen molar-refractivity contribution in [2.45, 2.75) is 58.0 Å². The number of likely N-dealkylation sites (tertiary alicyclic amines) is 1. The average molecular weight is 464 g/mol. The van der Waals surface area contributed by atoms with Crippen LogP contribution in [0.25, 0.3) is 0 Å². The molecule has 0 aromatic heterocycles. The fourth-order valence-corrected chi connectivity index (χ4v) is 5.38. The Kier molecular flexibility index (Phi) is 7.76. The number of para-hydroxylation sites is 1. The zero-order valence-electron chi connectivity index (χ0n) is 20.7. The van der Waals surface area contributed by atoms with Crippen molar-refractivity contribution in [3.63, 3.8) is 0 Å². The Hall–Kier alpha value is -3.02. The van der Waals surface area contributed by atoms with Gasteiger partial charge in [-0.3, -0.25) is 9.59 Å². The van der Waals surface area contributed by atoms with Crippen LogP contribution in [0.2, 0.25) is 0 Å². The summed E-state index contributed by atoms with van der Waals surface area (Å²) in [5.41, 5.74) is 4.66. The lowest BCUT2D eigenvalue weighted by Gasteiger charge is -2.41. The van der Waals surface area contributed by atoms with Crippen molar-refractivity contribution in [2.75, 3.05) is 32.1 Å². The van der Waals surface area contributed by atoms with Gasteiger partial charge in [0, 0.05) is 44.4 Å². The lowest BCUT2D eigenvalue weighted by atomic mass is 9.83. The molecule has 1 saturated heterocycles. The van der Waals surface area contributed by atoms with Gasteiger partial charge in [-0.25, -0.2) is 0 Å². The first kappa shape index (κ1) is 24.1. The number of anilines is 1. The van der Waals surface area contributed by atoms with Gasteiger partial charge in [0.1, 0.15) is 5.75 Å². The third-order valence-electron chi connectivity index (χ3n) is 7.21. The summed E-state index contributed by atoms with van der Waals surface area (Å²) < 4.78 is 5.63. The first-order valence-corrected chi connectivity index (χ1v) is 12.6. The van der Waals surface area contributed by atoms with E-state index in [9.17, 15) is 9.59 Å². The molecule has 0 aliphatic carbocycles. The van der Waals surface area contributed by atoms with Crippen molar-refractivity contribution < 1.29 is 14.3 Å². The predicted octanol–water partition coefficient (Wildman–Crippen LogP) is 4.47. The van der Waals surface area contributed by atoms with Crippen molar-refractivity contribution in [1.29, 1.82) is 0 Å². The highest BCUT2D eigenvalue weighted by atomic mass is 16.5. The molecular formula is C28H37N3O3. The number of amides is 2. The monoisotopic (exact) mass is 463 g/mol. The SMILES string of the molecule is CCCCN1C(=O)CCC(C(=O)NCc2ccc3c(c2)CCCN3C)C1c1ccccc1OC. The number of ether oxygens (including phenoxy) is 1. The molecule has 0 radical (unpaired) electrons. The van der Waals surface area contributed by atoms with Crippen LogP contribution in [-0.2, 0) is 22.6 Å². The van der Waals surface area contributed by atoms with Gasteiger partial charge in [0.05, 0.1) is 19.1 Å². The second-order valence-corrected chi connectivity index (χ2v) is 9.48. The van der Waals surface area contributed by atoms with E-state index in [1.54, 1.807) is 7.11 Å². The molecule has 2 aromatic rings.